The Kier molecular flexibility index (Phi) is 5.72. The van der Waals surface area contributed by atoms with E-state index in [-0.39, 0.29) is 18.0 Å². The van der Waals surface area contributed by atoms with Crippen LogP contribution < -0.4 is 10.6 Å². The van der Waals surface area contributed by atoms with Gasteiger partial charge in [0.1, 0.15) is 0 Å². The van der Waals surface area contributed by atoms with Gasteiger partial charge >= 0.3 is 12.0 Å². The molecule has 3 N–H and O–H groups in total. The van der Waals surface area contributed by atoms with Crippen molar-refractivity contribution in [2.45, 2.75) is 25.8 Å². The van der Waals surface area contributed by atoms with Gasteiger partial charge in [-0.3, -0.25) is 4.79 Å². The number of urea groups is 1. The van der Waals surface area contributed by atoms with Crippen molar-refractivity contribution in [3.8, 4) is 0 Å². The van der Waals surface area contributed by atoms with E-state index >= 15 is 0 Å². The third-order valence-corrected chi connectivity index (χ3v) is 3.43. The number of nitrogens with zero attached hydrogens (tertiary/aromatic N) is 1. The lowest BCUT2D eigenvalue weighted by molar-refractivity contribution is -0.136. The van der Waals surface area contributed by atoms with E-state index in [4.69, 9.17) is 5.11 Å². The second-order valence-corrected chi connectivity index (χ2v) is 5.79. The zero-order valence-corrected chi connectivity index (χ0v) is 12.9. The summed E-state index contributed by atoms with van der Waals surface area (Å²) in [5.74, 6) is -0.899. The Morgan fingerprint density at radius 2 is 1.95 bits per heavy atom. The lowest BCUT2D eigenvalue weighted by atomic mass is 10.0. The summed E-state index contributed by atoms with van der Waals surface area (Å²) in [5, 5.41) is 14.3. The normalized spacial score (nSPS) is 11.3. The fourth-order valence-electron chi connectivity index (χ4n) is 1.56. The molecule has 0 saturated heterocycles. The highest BCUT2D eigenvalue weighted by Gasteiger charge is 2.20. The van der Waals surface area contributed by atoms with Crippen molar-refractivity contribution in [3.05, 3.63) is 29.8 Å². The largest absolute Gasteiger partial charge is 0.481 e. The quantitative estimate of drug-likeness (QED) is 0.746. The number of rotatable bonds is 6. The van der Waals surface area contributed by atoms with Crippen LogP contribution in [0.5, 0.6) is 0 Å². The average Bonchev–Trinajstić information content (AvgIpc) is 2.36. The molecule has 2 amide bonds. The molecule has 1 aromatic carbocycles. The number of amides is 2. The second-order valence-electron chi connectivity index (χ2n) is 5.79. The van der Waals surface area contributed by atoms with E-state index in [9.17, 15) is 9.59 Å². The fraction of sp³-hybridized carbons (Fsp3) is 0.467. The highest BCUT2D eigenvalue weighted by atomic mass is 16.4. The molecule has 0 saturated carbocycles. The highest BCUT2D eigenvalue weighted by Crippen LogP contribution is 2.12. The lowest BCUT2D eigenvalue weighted by Gasteiger charge is -2.32. The lowest BCUT2D eigenvalue weighted by Crippen LogP contribution is -2.49. The molecule has 0 aliphatic heterocycles. The van der Waals surface area contributed by atoms with Crippen molar-refractivity contribution < 1.29 is 14.7 Å². The monoisotopic (exact) mass is 293 g/mol. The summed E-state index contributed by atoms with van der Waals surface area (Å²) in [6, 6.07) is 6.51. The maximum Gasteiger partial charge on any atom is 0.319 e. The van der Waals surface area contributed by atoms with Crippen molar-refractivity contribution in [2.24, 2.45) is 0 Å². The number of carbonyl (C=O) groups is 2. The second kappa shape index (κ2) is 7.08. The molecule has 0 spiro atoms. The van der Waals surface area contributed by atoms with Gasteiger partial charge in [-0.05, 0) is 45.6 Å². The summed E-state index contributed by atoms with van der Waals surface area (Å²) in [6.07, 6.45) is -0.0647. The maximum absolute atomic E-state index is 11.9. The molecule has 0 aromatic heterocycles. The van der Waals surface area contributed by atoms with E-state index in [1.807, 2.05) is 32.8 Å². The van der Waals surface area contributed by atoms with E-state index in [1.54, 1.807) is 24.3 Å². The minimum absolute atomic E-state index is 0.0647. The molecule has 0 radical (unpaired) electrons. The highest BCUT2D eigenvalue weighted by molar-refractivity contribution is 5.89. The molecule has 0 aliphatic rings. The standard InChI is InChI=1S/C15H23N3O3/c1-15(2,18(3)4)10-16-14(21)17-12-7-5-6-11(8-12)9-13(19)20/h5-8H,9-10H2,1-4H3,(H,19,20)(H2,16,17,21). The van der Waals surface area contributed by atoms with Gasteiger partial charge in [0.05, 0.1) is 6.42 Å². The first kappa shape index (κ1) is 17.0. The molecule has 0 fully saturated rings. The van der Waals surface area contributed by atoms with E-state index in [0.29, 0.717) is 17.8 Å². The Morgan fingerprint density at radius 1 is 1.29 bits per heavy atom. The Morgan fingerprint density at radius 3 is 2.52 bits per heavy atom. The Bertz CT molecular complexity index is 513. The predicted octanol–water partition coefficient (Wildman–Crippen LogP) is 1.78. The predicted molar refractivity (Wildman–Crippen MR) is 82.6 cm³/mol. The molecular formula is C15H23N3O3. The first-order valence-corrected chi connectivity index (χ1v) is 6.74. The molecule has 116 valence electrons. The zero-order chi connectivity index (χ0) is 16.0. The van der Waals surface area contributed by atoms with Crippen molar-refractivity contribution in [1.82, 2.24) is 10.2 Å². The van der Waals surface area contributed by atoms with Crippen LogP contribution in [0, 0.1) is 0 Å². The van der Waals surface area contributed by atoms with Crippen LogP contribution in [0.4, 0.5) is 10.5 Å². The van der Waals surface area contributed by atoms with Gasteiger partial charge in [0.15, 0.2) is 0 Å². The summed E-state index contributed by atoms with van der Waals surface area (Å²) in [5.41, 5.74) is 1.07. The molecule has 21 heavy (non-hydrogen) atoms. The van der Waals surface area contributed by atoms with E-state index in [0.717, 1.165) is 0 Å². The number of hydrogen-bond acceptors (Lipinski definition) is 3. The number of hydrogen-bond donors (Lipinski definition) is 3. The third kappa shape index (κ3) is 5.83. The fourth-order valence-corrected chi connectivity index (χ4v) is 1.56. The SMILES string of the molecule is CN(C)C(C)(C)CNC(=O)Nc1cccc(CC(=O)O)c1. The number of carboxylic acids is 1. The van der Waals surface area contributed by atoms with Crippen LogP contribution in [-0.4, -0.2) is 48.2 Å². The first-order chi connectivity index (χ1) is 9.70. The molecule has 0 heterocycles. The van der Waals surface area contributed by atoms with E-state index in [1.165, 1.54) is 0 Å². The van der Waals surface area contributed by atoms with Crippen molar-refractivity contribution in [2.75, 3.05) is 26.0 Å². The molecule has 6 heteroatoms. The van der Waals surface area contributed by atoms with Crippen LogP contribution in [0.1, 0.15) is 19.4 Å². The van der Waals surface area contributed by atoms with E-state index < -0.39 is 5.97 Å². The average molecular weight is 293 g/mol. The summed E-state index contributed by atoms with van der Waals surface area (Å²) < 4.78 is 0. The molecule has 0 bridgehead atoms. The Hall–Kier alpha value is -2.08. The Labute approximate surface area is 125 Å². The van der Waals surface area contributed by atoms with Gasteiger partial charge < -0.3 is 20.6 Å². The smallest absolute Gasteiger partial charge is 0.319 e. The summed E-state index contributed by atoms with van der Waals surface area (Å²) in [4.78, 5) is 24.6. The number of likely N-dealkylation sites (N-methyl/N-ethyl adjacent to an activating group) is 1. The van der Waals surface area contributed by atoms with Crippen LogP contribution in [0.15, 0.2) is 24.3 Å². The molecular weight excluding hydrogens is 270 g/mol. The van der Waals surface area contributed by atoms with Gasteiger partial charge in [-0.25, -0.2) is 4.79 Å². The van der Waals surface area contributed by atoms with Crippen molar-refractivity contribution in [1.29, 1.82) is 0 Å². The summed E-state index contributed by atoms with van der Waals surface area (Å²) in [7, 11) is 3.91. The molecule has 0 aliphatic carbocycles. The van der Waals surface area contributed by atoms with Crippen LogP contribution in [-0.2, 0) is 11.2 Å². The van der Waals surface area contributed by atoms with Gasteiger partial charge in [-0.1, -0.05) is 12.1 Å². The van der Waals surface area contributed by atoms with Crippen LogP contribution in [0.2, 0.25) is 0 Å². The topological polar surface area (TPSA) is 81.7 Å². The maximum atomic E-state index is 11.9. The minimum Gasteiger partial charge on any atom is -0.481 e. The number of nitrogens with one attached hydrogen (secondary N) is 2. The molecule has 1 aromatic rings. The molecule has 6 nitrogen and oxygen atoms in total. The van der Waals surface area contributed by atoms with Crippen molar-refractivity contribution in [3.63, 3.8) is 0 Å². The third-order valence-electron chi connectivity index (χ3n) is 3.43. The van der Waals surface area contributed by atoms with Gasteiger partial charge in [-0.15, -0.1) is 0 Å². The van der Waals surface area contributed by atoms with Crippen LogP contribution in [0.25, 0.3) is 0 Å². The van der Waals surface area contributed by atoms with Gasteiger partial charge in [0.25, 0.3) is 0 Å². The van der Waals surface area contributed by atoms with E-state index in [2.05, 4.69) is 10.6 Å². The van der Waals surface area contributed by atoms with Crippen molar-refractivity contribution >= 4 is 17.7 Å². The minimum atomic E-state index is -0.899. The Balaban J connectivity index is 2.57. The molecule has 0 unspecified atom stereocenters. The van der Waals surface area contributed by atoms with Crippen LogP contribution >= 0.6 is 0 Å². The van der Waals surface area contributed by atoms with Gasteiger partial charge in [0, 0.05) is 17.8 Å². The van der Waals surface area contributed by atoms with Gasteiger partial charge in [0.2, 0.25) is 0 Å². The number of anilines is 1. The first-order valence-electron chi connectivity index (χ1n) is 6.74. The van der Waals surface area contributed by atoms with Crippen LogP contribution in [0.3, 0.4) is 0 Å². The number of aliphatic carboxylic acids is 1. The molecule has 1 rings (SSSR count). The van der Waals surface area contributed by atoms with Gasteiger partial charge in [-0.2, -0.15) is 0 Å². The summed E-state index contributed by atoms with van der Waals surface area (Å²) >= 11 is 0. The summed E-state index contributed by atoms with van der Waals surface area (Å²) in [6.45, 7) is 4.56. The number of benzene rings is 1. The zero-order valence-electron chi connectivity index (χ0n) is 12.9. The number of carbonyl (C=O) groups excluding carboxylic acids is 1. The molecule has 0 atom stereocenters. The number of carboxylic acid groups (broad SMARTS) is 1.